The van der Waals surface area contributed by atoms with Gasteiger partial charge in [0.2, 0.25) is 0 Å². The van der Waals surface area contributed by atoms with Crippen LogP contribution in [0.3, 0.4) is 0 Å². The van der Waals surface area contributed by atoms with Gasteiger partial charge in [-0.15, -0.1) is 0 Å². The highest BCUT2D eigenvalue weighted by molar-refractivity contribution is 5.62. The Bertz CT molecular complexity index is 367. The summed E-state index contributed by atoms with van der Waals surface area (Å²) in [6, 6.07) is 10.0. The van der Waals surface area contributed by atoms with Crippen LogP contribution < -0.4 is 0 Å². The predicted molar refractivity (Wildman–Crippen MR) is 57.0 cm³/mol. The van der Waals surface area contributed by atoms with E-state index in [4.69, 9.17) is 4.74 Å². The summed E-state index contributed by atoms with van der Waals surface area (Å²) in [5.74, 6) is 1.57. The molecular formula is C12H13NO. The summed E-state index contributed by atoms with van der Waals surface area (Å²) < 4.78 is 5.54. The molecule has 1 aromatic rings. The molecule has 1 aliphatic heterocycles. The van der Waals surface area contributed by atoms with Gasteiger partial charge in [0.15, 0.2) is 11.6 Å². The van der Waals surface area contributed by atoms with Crippen molar-refractivity contribution in [3.63, 3.8) is 0 Å². The molecule has 0 aliphatic carbocycles. The first-order valence-electron chi connectivity index (χ1n) is 4.72. The average Bonchev–Trinajstić information content (AvgIpc) is 2.61. The van der Waals surface area contributed by atoms with E-state index in [1.165, 1.54) is 0 Å². The molecular weight excluding hydrogens is 174 g/mol. The molecule has 0 radical (unpaired) electrons. The molecule has 0 unspecified atom stereocenters. The molecule has 0 saturated carbocycles. The quantitative estimate of drug-likeness (QED) is 0.706. The molecule has 1 aliphatic rings. The van der Waals surface area contributed by atoms with E-state index in [0.717, 1.165) is 17.9 Å². The van der Waals surface area contributed by atoms with Gasteiger partial charge in [-0.25, -0.2) is 0 Å². The summed E-state index contributed by atoms with van der Waals surface area (Å²) in [5.41, 5.74) is 1.09. The highest BCUT2D eigenvalue weighted by Gasteiger charge is 2.17. The van der Waals surface area contributed by atoms with Crippen molar-refractivity contribution in [2.24, 2.45) is 0 Å². The Morgan fingerprint density at radius 1 is 1.29 bits per heavy atom. The second-order valence-electron chi connectivity index (χ2n) is 3.14. The van der Waals surface area contributed by atoms with Gasteiger partial charge in [-0.05, 0) is 13.5 Å². The largest absolute Gasteiger partial charge is 0.439 e. The summed E-state index contributed by atoms with van der Waals surface area (Å²) in [4.78, 5) is 1.99. The maximum Gasteiger partial charge on any atom is 0.192 e. The van der Waals surface area contributed by atoms with Crippen LogP contribution in [0.1, 0.15) is 12.5 Å². The average molecular weight is 187 g/mol. The van der Waals surface area contributed by atoms with Crippen molar-refractivity contribution in [3.05, 3.63) is 54.6 Å². The number of benzene rings is 1. The van der Waals surface area contributed by atoms with Crippen molar-refractivity contribution < 1.29 is 4.74 Å². The third kappa shape index (κ3) is 1.51. The molecule has 0 atom stereocenters. The number of rotatable bonds is 2. The lowest BCUT2D eigenvalue weighted by Gasteiger charge is -2.10. The van der Waals surface area contributed by atoms with Crippen LogP contribution in [-0.4, -0.2) is 11.4 Å². The Morgan fingerprint density at radius 3 is 2.57 bits per heavy atom. The fourth-order valence-electron chi connectivity index (χ4n) is 1.43. The van der Waals surface area contributed by atoms with Crippen molar-refractivity contribution in [3.8, 4) is 0 Å². The van der Waals surface area contributed by atoms with Gasteiger partial charge in [-0.3, -0.25) is 0 Å². The normalized spacial score (nSPS) is 15.4. The third-order valence-electron chi connectivity index (χ3n) is 2.22. The smallest absolute Gasteiger partial charge is 0.192 e. The van der Waals surface area contributed by atoms with Gasteiger partial charge in [-0.1, -0.05) is 30.3 Å². The zero-order valence-corrected chi connectivity index (χ0v) is 8.23. The number of nitrogens with zero attached hydrogens (tertiary/aromatic N) is 1. The van der Waals surface area contributed by atoms with E-state index in [1.807, 2.05) is 41.4 Å². The van der Waals surface area contributed by atoms with Crippen LogP contribution in [0, 0.1) is 0 Å². The topological polar surface area (TPSA) is 12.5 Å². The predicted octanol–water partition coefficient (Wildman–Crippen LogP) is 2.81. The lowest BCUT2D eigenvalue weighted by molar-refractivity contribution is 0.296. The first-order valence-corrected chi connectivity index (χ1v) is 4.72. The lowest BCUT2D eigenvalue weighted by atomic mass is 10.2. The Morgan fingerprint density at radius 2 is 2.00 bits per heavy atom. The van der Waals surface area contributed by atoms with Gasteiger partial charge in [-0.2, -0.15) is 0 Å². The highest BCUT2D eigenvalue weighted by atomic mass is 16.5. The first-order chi connectivity index (χ1) is 6.81. The van der Waals surface area contributed by atoms with Crippen LogP contribution in [0.5, 0.6) is 0 Å². The van der Waals surface area contributed by atoms with Gasteiger partial charge in [0.25, 0.3) is 0 Å². The van der Waals surface area contributed by atoms with E-state index in [9.17, 15) is 0 Å². The molecule has 2 rings (SSSR count). The summed E-state index contributed by atoms with van der Waals surface area (Å²) in [5, 5.41) is 0. The van der Waals surface area contributed by atoms with E-state index in [1.54, 1.807) is 0 Å². The minimum absolute atomic E-state index is 0.700. The first kappa shape index (κ1) is 8.88. The fourth-order valence-corrected chi connectivity index (χ4v) is 1.43. The summed E-state index contributed by atoms with van der Waals surface area (Å²) in [7, 11) is 0. The summed E-state index contributed by atoms with van der Waals surface area (Å²) in [6.45, 7) is 6.79. The number of ether oxygens (including phenoxy) is 1. The maximum absolute atomic E-state index is 5.54. The molecule has 1 aromatic carbocycles. The molecule has 1 heterocycles. The molecule has 2 nitrogen and oxygen atoms in total. The fraction of sp³-hybridized carbons (Fsp3) is 0.167. The molecule has 0 N–H and O–H groups in total. The van der Waals surface area contributed by atoms with Crippen LogP contribution in [0.15, 0.2) is 49.0 Å². The van der Waals surface area contributed by atoms with Crippen LogP contribution in [0.4, 0.5) is 0 Å². The molecule has 0 aromatic heterocycles. The zero-order valence-electron chi connectivity index (χ0n) is 8.23. The molecule has 0 saturated heterocycles. The van der Waals surface area contributed by atoms with Crippen molar-refractivity contribution in [2.45, 2.75) is 6.92 Å². The Kier molecular flexibility index (Phi) is 2.27. The number of hydrogen-bond acceptors (Lipinski definition) is 2. The third-order valence-corrected chi connectivity index (χ3v) is 2.22. The van der Waals surface area contributed by atoms with E-state index >= 15 is 0 Å². The molecule has 14 heavy (non-hydrogen) atoms. The molecule has 0 spiro atoms. The van der Waals surface area contributed by atoms with E-state index in [0.29, 0.717) is 5.88 Å². The molecule has 0 bridgehead atoms. The SMILES string of the molecule is C=C1OC(c2ccccc2)=CN1CC. The van der Waals surface area contributed by atoms with Crippen molar-refractivity contribution in [1.29, 1.82) is 0 Å². The second-order valence-corrected chi connectivity index (χ2v) is 3.14. The lowest BCUT2D eigenvalue weighted by Crippen LogP contribution is -2.10. The Labute approximate surface area is 84.1 Å². The standard InChI is InChI=1S/C12H13NO/c1-3-13-9-12(14-10(13)2)11-7-5-4-6-8-11/h4-9H,2-3H2,1H3. The van der Waals surface area contributed by atoms with Crippen molar-refractivity contribution >= 4 is 5.76 Å². The Hall–Kier alpha value is -1.70. The van der Waals surface area contributed by atoms with Gasteiger partial charge >= 0.3 is 0 Å². The molecule has 0 amide bonds. The minimum atomic E-state index is 0.700. The van der Waals surface area contributed by atoms with Crippen molar-refractivity contribution in [1.82, 2.24) is 4.90 Å². The summed E-state index contributed by atoms with van der Waals surface area (Å²) in [6.07, 6.45) is 1.98. The van der Waals surface area contributed by atoms with E-state index in [-0.39, 0.29) is 0 Å². The van der Waals surface area contributed by atoms with Gasteiger partial charge in [0.1, 0.15) is 0 Å². The Balaban J connectivity index is 2.26. The monoisotopic (exact) mass is 187 g/mol. The zero-order chi connectivity index (χ0) is 9.97. The van der Waals surface area contributed by atoms with Crippen LogP contribution in [0.2, 0.25) is 0 Å². The molecule has 2 heteroatoms. The number of hydrogen-bond donors (Lipinski definition) is 0. The van der Waals surface area contributed by atoms with Crippen molar-refractivity contribution in [2.75, 3.05) is 6.54 Å². The summed E-state index contributed by atoms with van der Waals surface area (Å²) >= 11 is 0. The second kappa shape index (κ2) is 3.58. The van der Waals surface area contributed by atoms with Gasteiger partial charge in [0, 0.05) is 12.1 Å². The van der Waals surface area contributed by atoms with Crippen LogP contribution in [-0.2, 0) is 4.74 Å². The van der Waals surface area contributed by atoms with E-state index < -0.39 is 0 Å². The van der Waals surface area contributed by atoms with Gasteiger partial charge in [0.05, 0.1) is 6.20 Å². The van der Waals surface area contributed by atoms with Crippen LogP contribution in [0.25, 0.3) is 5.76 Å². The van der Waals surface area contributed by atoms with Gasteiger partial charge < -0.3 is 9.64 Å². The molecule has 0 fully saturated rings. The highest BCUT2D eigenvalue weighted by Crippen LogP contribution is 2.27. The van der Waals surface area contributed by atoms with Crippen LogP contribution >= 0.6 is 0 Å². The minimum Gasteiger partial charge on any atom is -0.439 e. The van der Waals surface area contributed by atoms with E-state index in [2.05, 4.69) is 13.5 Å². The molecule has 72 valence electrons. The maximum atomic E-state index is 5.54.